The topological polar surface area (TPSA) is 63.8 Å². The van der Waals surface area contributed by atoms with Crippen molar-refractivity contribution in [3.63, 3.8) is 0 Å². The van der Waals surface area contributed by atoms with E-state index < -0.39 is 0 Å². The molecule has 1 aromatic rings. The lowest BCUT2D eigenvalue weighted by atomic mass is 9.93. The second kappa shape index (κ2) is 5.00. The van der Waals surface area contributed by atoms with Gasteiger partial charge in [0, 0.05) is 17.8 Å². The molecule has 0 saturated heterocycles. The minimum Gasteiger partial charge on any atom is -0.369 e. The van der Waals surface area contributed by atoms with E-state index in [2.05, 4.69) is 29.1 Å². The Labute approximate surface area is 103 Å². The second-order valence-corrected chi connectivity index (χ2v) is 5.58. The summed E-state index contributed by atoms with van der Waals surface area (Å²) in [6, 6.07) is 0. The fourth-order valence-electron chi connectivity index (χ4n) is 2.07. The van der Waals surface area contributed by atoms with E-state index in [1.165, 1.54) is 24.1 Å². The molecule has 0 radical (unpaired) electrons. The standard InChI is InChI=1S/C13H22N4/c1-13(2,7-14)8-15-12-10-5-3-4-6-11(10)16-9-17-12/h9H,3-8,14H2,1-2H3,(H,15,16,17). The van der Waals surface area contributed by atoms with Gasteiger partial charge in [0.1, 0.15) is 12.1 Å². The number of nitrogens with one attached hydrogen (secondary N) is 1. The Morgan fingerprint density at radius 1 is 1.29 bits per heavy atom. The summed E-state index contributed by atoms with van der Waals surface area (Å²) in [6.45, 7) is 5.85. The molecule has 1 aliphatic carbocycles. The van der Waals surface area contributed by atoms with E-state index in [4.69, 9.17) is 5.73 Å². The highest BCUT2D eigenvalue weighted by molar-refractivity contribution is 5.47. The van der Waals surface area contributed by atoms with Gasteiger partial charge in [0.15, 0.2) is 0 Å². The Bertz CT molecular complexity index is 387. The molecule has 94 valence electrons. The van der Waals surface area contributed by atoms with Crippen LogP contribution in [-0.4, -0.2) is 23.1 Å². The first kappa shape index (κ1) is 12.3. The summed E-state index contributed by atoms with van der Waals surface area (Å²) in [5.74, 6) is 1.01. The van der Waals surface area contributed by atoms with Crippen LogP contribution in [0.4, 0.5) is 5.82 Å². The highest BCUT2D eigenvalue weighted by Crippen LogP contribution is 2.25. The zero-order chi connectivity index (χ0) is 12.3. The normalized spacial score (nSPS) is 15.5. The zero-order valence-electron chi connectivity index (χ0n) is 10.8. The van der Waals surface area contributed by atoms with Crippen molar-refractivity contribution in [1.29, 1.82) is 0 Å². The first-order valence-corrected chi connectivity index (χ1v) is 6.39. The molecule has 0 amide bonds. The van der Waals surface area contributed by atoms with Gasteiger partial charge in [0.05, 0.1) is 0 Å². The van der Waals surface area contributed by atoms with Crippen LogP contribution in [0.1, 0.15) is 37.9 Å². The van der Waals surface area contributed by atoms with Crippen LogP contribution in [0.2, 0.25) is 0 Å². The van der Waals surface area contributed by atoms with E-state index >= 15 is 0 Å². The van der Waals surface area contributed by atoms with Crippen LogP contribution in [0.5, 0.6) is 0 Å². The number of hydrogen-bond acceptors (Lipinski definition) is 4. The summed E-state index contributed by atoms with van der Waals surface area (Å²) in [5, 5.41) is 3.43. The van der Waals surface area contributed by atoms with Gasteiger partial charge in [-0.1, -0.05) is 13.8 Å². The summed E-state index contributed by atoms with van der Waals surface area (Å²) in [5.41, 5.74) is 8.37. The molecule has 0 saturated carbocycles. The van der Waals surface area contributed by atoms with Crippen molar-refractivity contribution in [3.8, 4) is 0 Å². The van der Waals surface area contributed by atoms with Gasteiger partial charge in [0.2, 0.25) is 0 Å². The zero-order valence-corrected chi connectivity index (χ0v) is 10.8. The van der Waals surface area contributed by atoms with E-state index in [-0.39, 0.29) is 5.41 Å². The summed E-state index contributed by atoms with van der Waals surface area (Å²) in [7, 11) is 0. The van der Waals surface area contributed by atoms with E-state index in [1.807, 2.05) is 0 Å². The largest absolute Gasteiger partial charge is 0.369 e. The summed E-state index contributed by atoms with van der Waals surface area (Å²) in [4.78, 5) is 8.74. The molecule has 3 N–H and O–H groups in total. The molecular weight excluding hydrogens is 212 g/mol. The molecule has 0 unspecified atom stereocenters. The Hall–Kier alpha value is -1.16. The molecule has 0 spiro atoms. The third-order valence-corrected chi connectivity index (χ3v) is 3.41. The Kier molecular flexibility index (Phi) is 3.62. The van der Waals surface area contributed by atoms with E-state index in [0.717, 1.165) is 25.2 Å². The first-order chi connectivity index (χ1) is 8.12. The third kappa shape index (κ3) is 2.94. The Morgan fingerprint density at radius 3 is 2.82 bits per heavy atom. The van der Waals surface area contributed by atoms with Crippen molar-refractivity contribution < 1.29 is 0 Å². The van der Waals surface area contributed by atoms with E-state index in [1.54, 1.807) is 6.33 Å². The predicted octanol–water partition coefficient (Wildman–Crippen LogP) is 1.75. The van der Waals surface area contributed by atoms with Gasteiger partial charge >= 0.3 is 0 Å². The van der Waals surface area contributed by atoms with Gasteiger partial charge < -0.3 is 11.1 Å². The quantitative estimate of drug-likeness (QED) is 0.833. The molecule has 0 aliphatic heterocycles. The second-order valence-electron chi connectivity index (χ2n) is 5.58. The van der Waals surface area contributed by atoms with E-state index in [9.17, 15) is 0 Å². The Morgan fingerprint density at radius 2 is 2.06 bits per heavy atom. The fraction of sp³-hybridized carbons (Fsp3) is 0.692. The smallest absolute Gasteiger partial charge is 0.132 e. The summed E-state index contributed by atoms with van der Waals surface area (Å²) >= 11 is 0. The van der Waals surface area contributed by atoms with Gasteiger partial charge in [-0.2, -0.15) is 0 Å². The summed E-state index contributed by atoms with van der Waals surface area (Å²) < 4.78 is 0. The van der Waals surface area contributed by atoms with Crippen LogP contribution in [0.15, 0.2) is 6.33 Å². The minimum absolute atomic E-state index is 0.104. The van der Waals surface area contributed by atoms with Crippen molar-refractivity contribution in [3.05, 3.63) is 17.6 Å². The molecule has 1 aromatic heterocycles. The number of aromatic nitrogens is 2. The van der Waals surface area contributed by atoms with Crippen LogP contribution in [0.3, 0.4) is 0 Å². The first-order valence-electron chi connectivity index (χ1n) is 6.39. The maximum absolute atomic E-state index is 5.74. The van der Waals surface area contributed by atoms with Gasteiger partial charge in [-0.25, -0.2) is 9.97 Å². The molecule has 0 aromatic carbocycles. The molecule has 4 nitrogen and oxygen atoms in total. The van der Waals surface area contributed by atoms with Crippen molar-refractivity contribution in [1.82, 2.24) is 9.97 Å². The van der Waals surface area contributed by atoms with Gasteiger partial charge in [-0.05, 0) is 37.6 Å². The maximum Gasteiger partial charge on any atom is 0.132 e. The number of aryl methyl sites for hydroxylation is 1. The van der Waals surface area contributed by atoms with E-state index in [0.29, 0.717) is 6.54 Å². The number of hydrogen-bond donors (Lipinski definition) is 2. The third-order valence-electron chi connectivity index (χ3n) is 3.41. The maximum atomic E-state index is 5.74. The molecule has 0 bridgehead atoms. The van der Waals surface area contributed by atoms with Crippen molar-refractivity contribution >= 4 is 5.82 Å². The lowest BCUT2D eigenvalue weighted by Gasteiger charge is -2.25. The lowest BCUT2D eigenvalue weighted by molar-refractivity contribution is 0.405. The highest BCUT2D eigenvalue weighted by atomic mass is 15.0. The van der Waals surface area contributed by atoms with Crippen LogP contribution in [0, 0.1) is 5.41 Å². The molecule has 17 heavy (non-hydrogen) atoms. The van der Waals surface area contributed by atoms with Crippen LogP contribution in [0.25, 0.3) is 0 Å². The van der Waals surface area contributed by atoms with Crippen LogP contribution in [-0.2, 0) is 12.8 Å². The lowest BCUT2D eigenvalue weighted by Crippen LogP contribution is -2.32. The van der Waals surface area contributed by atoms with Gasteiger partial charge in [-0.3, -0.25) is 0 Å². The molecule has 0 fully saturated rings. The van der Waals surface area contributed by atoms with Crippen molar-refractivity contribution in [2.24, 2.45) is 11.1 Å². The molecule has 1 aliphatic rings. The molecule has 0 atom stereocenters. The SMILES string of the molecule is CC(C)(CN)CNc1ncnc2c1CCCC2. The van der Waals surface area contributed by atoms with Crippen LogP contribution >= 0.6 is 0 Å². The van der Waals surface area contributed by atoms with Gasteiger partial charge in [-0.15, -0.1) is 0 Å². The average Bonchev–Trinajstić information content (AvgIpc) is 2.36. The molecule has 2 rings (SSSR count). The Balaban J connectivity index is 2.11. The van der Waals surface area contributed by atoms with Crippen molar-refractivity contribution in [2.45, 2.75) is 39.5 Å². The molecule has 4 heteroatoms. The van der Waals surface area contributed by atoms with Gasteiger partial charge in [0.25, 0.3) is 0 Å². The van der Waals surface area contributed by atoms with Crippen LogP contribution < -0.4 is 11.1 Å². The van der Waals surface area contributed by atoms with Crippen molar-refractivity contribution in [2.75, 3.05) is 18.4 Å². The highest BCUT2D eigenvalue weighted by Gasteiger charge is 2.19. The molecular formula is C13H22N4. The number of rotatable bonds is 4. The average molecular weight is 234 g/mol. The number of nitrogens with two attached hydrogens (primary N) is 1. The monoisotopic (exact) mass is 234 g/mol. The minimum atomic E-state index is 0.104. The number of nitrogens with zero attached hydrogens (tertiary/aromatic N) is 2. The summed E-state index contributed by atoms with van der Waals surface area (Å²) in [6.07, 6.45) is 6.35. The number of fused-ring (bicyclic) bond motifs is 1. The number of anilines is 1. The predicted molar refractivity (Wildman–Crippen MR) is 70.0 cm³/mol. The fourth-order valence-corrected chi connectivity index (χ4v) is 2.07. The molecule has 1 heterocycles.